The SMILES string of the molecule is C[O-].O=P([O-])(O)O.[Na+].[Na+]. The van der Waals surface area contributed by atoms with Crippen LogP contribution < -0.4 is 69.1 Å². The summed E-state index contributed by atoms with van der Waals surface area (Å²) in [5.74, 6) is 0. The largest absolute Gasteiger partial charge is 1.00 e. The molecule has 0 fully saturated rings. The molecule has 0 rings (SSSR count). The third-order valence-electron chi connectivity index (χ3n) is 0. The molecule has 2 N–H and O–H groups in total. The van der Waals surface area contributed by atoms with Crippen molar-refractivity contribution in [2.75, 3.05) is 7.11 Å². The van der Waals surface area contributed by atoms with Crippen LogP contribution in [0.15, 0.2) is 0 Å². The van der Waals surface area contributed by atoms with E-state index >= 15 is 0 Å². The zero-order valence-corrected chi connectivity index (χ0v) is 10.5. The molecule has 0 aliphatic carbocycles. The van der Waals surface area contributed by atoms with Crippen LogP contribution in [0.5, 0.6) is 0 Å². The summed E-state index contributed by atoms with van der Waals surface area (Å²) in [6, 6.07) is 0. The minimum Gasteiger partial charge on any atom is -0.857 e. The Labute approximate surface area is 97.3 Å². The summed E-state index contributed by atoms with van der Waals surface area (Å²) in [6.07, 6.45) is 0. The minimum absolute atomic E-state index is 0. The van der Waals surface area contributed by atoms with E-state index in [4.69, 9.17) is 24.4 Å². The Balaban J connectivity index is -0.0000000286. The molecule has 46 valence electrons. The van der Waals surface area contributed by atoms with E-state index in [1.807, 2.05) is 0 Å². The third-order valence-corrected chi connectivity index (χ3v) is 0. The van der Waals surface area contributed by atoms with Crippen molar-refractivity contribution in [1.29, 1.82) is 0 Å². The number of rotatable bonds is 0. The molecule has 0 atom stereocenters. The van der Waals surface area contributed by atoms with Gasteiger partial charge < -0.3 is 19.8 Å². The van der Waals surface area contributed by atoms with Crippen molar-refractivity contribution in [3.63, 3.8) is 0 Å². The fraction of sp³-hybridized carbons (Fsp3) is 1.00. The maximum atomic E-state index is 8.77. The predicted molar refractivity (Wildman–Crippen MR) is 18.0 cm³/mol. The van der Waals surface area contributed by atoms with E-state index in [0.29, 0.717) is 0 Å². The second-order valence-corrected chi connectivity index (χ2v) is 1.47. The molecule has 9 heavy (non-hydrogen) atoms. The number of hydrogen-bond acceptors (Lipinski definition) is 3. The quantitative estimate of drug-likeness (QED) is 0.280. The molecule has 0 aromatic heterocycles. The summed E-state index contributed by atoms with van der Waals surface area (Å²) in [4.78, 5) is 22.9. The van der Waals surface area contributed by atoms with Crippen LogP contribution >= 0.6 is 7.82 Å². The van der Waals surface area contributed by atoms with Gasteiger partial charge in [0.25, 0.3) is 7.82 Å². The van der Waals surface area contributed by atoms with Crippen LogP contribution in [0.4, 0.5) is 0 Å². The molecule has 0 saturated heterocycles. The first-order valence-electron chi connectivity index (χ1n) is 1.17. The van der Waals surface area contributed by atoms with Crippen LogP contribution in [0.3, 0.4) is 0 Å². The molecular weight excluding hydrogens is 169 g/mol. The van der Waals surface area contributed by atoms with Gasteiger partial charge >= 0.3 is 59.1 Å². The second-order valence-electron chi connectivity index (χ2n) is 0.491. The van der Waals surface area contributed by atoms with Crippen LogP contribution in [-0.4, -0.2) is 16.9 Å². The van der Waals surface area contributed by atoms with Crippen molar-refractivity contribution in [1.82, 2.24) is 0 Å². The average molecular weight is 174 g/mol. The summed E-state index contributed by atoms with van der Waals surface area (Å²) in [7, 11) is -4.14. The topological polar surface area (TPSA) is 104 Å². The van der Waals surface area contributed by atoms with Gasteiger partial charge in [0.2, 0.25) is 0 Å². The molecule has 8 heteroatoms. The van der Waals surface area contributed by atoms with Crippen molar-refractivity contribution >= 4 is 7.82 Å². The van der Waals surface area contributed by atoms with E-state index in [1.165, 1.54) is 0 Å². The van der Waals surface area contributed by atoms with E-state index in [2.05, 4.69) is 0 Å². The van der Waals surface area contributed by atoms with Crippen LogP contribution in [0, 0.1) is 0 Å². The monoisotopic (exact) mass is 174 g/mol. The average Bonchev–Trinajstić information content (AvgIpc) is 1.36. The Morgan fingerprint density at radius 2 is 1.22 bits per heavy atom. The maximum Gasteiger partial charge on any atom is 1.00 e. The van der Waals surface area contributed by atoms with Gasteiger partial charge in [-0.15, -0.1) is 0 Å². The van der Waals surface area contributed by atoms with Crippen molar-refractivity contribution in [2.24, 2.45) is 0 Å². The van der Waals surface area contributed by atoms with Crippen LogP contribution in [0.25, 0.3) is 0 Å². The molecule has 0 unspecified atom stereocenters. The second kappa shape index (κ2) is 12.7. The molecular formula is CH5Na2O5P. The van der Waals surface area contributed by atoms with Gasteiger partial charge in [0.15, 0.2) is 0 Å². The van der Waals surface area contributed by atoms with E-state index < -0.39 is 7.82 Å². The maximum absolute atomic E-state index is 8.77. The minimum atomic E-state index is -4.89. The van der Waals surface area contributed by atoms with Gasteiger partial charge in [0.1, 0.15) is 0 Å². The summed E-state index contributed by atoms with van der Waals surface area (Å²) in [5.41, 5.74) is 0. The predicted octanol–water partition coefficient (Wildman–Crippen LogP) is -8.58. The van der Waals surface area contributed by atoms with Gasteiger partial charge in [-0.05, 0) is 0 Å². The Kier molecular flexibility index (Phi) is 31.7. The standard InChI is InChI=1S/CH3O.2Na.H3O4P/c1-2;;;1-5(2,3)4/h1H3;;;(H3,1,2,3,4)/q-1;2*+1;/p-1. The molecule has 0 amide bonds. The molecule has 0 aliphatic heterocycles. The van der Waals surface area contributed by atoms with E-state index in [1.54, 1.807) is 0 Å². The fourth-order valence-electron chi connectivity index (χ4n) is 0. The number of phosphoric acid groups is 1. The first-order valence-corrected chi connectivity index (χ1v) is 2.70. The number of hydrogen-bond donors (Lipinski definition) is 2. The molecule has 0 aliphatic rings. The summed E-state index contributed by atoms with van der Waals surface area (Å²) < 4.78 is 8.77. The van der Waals surface area contributed by atoms with Crippen LogP contribution in [0.1, 0.15) is 0 Å². The summed E-state index contributed by atoms with van der Waals surface area (Å²) in [6.45, 7) is 0. The van der Waals surface area contributed by atoms with E-state index in [0.717, 1.165) is 7.11 Å². The van der Waals surface area contributed by atoms with E-state index in [-0.39, 0.29) is 59.1 Å². The Morgan fingerprint density at radius 1 is 1.22 bits per heavy atom. The van der Waals surface area contributed by atoms with Crippen molar-refractivity contribution in [3.8, 4) is 0 Å². The molecule has 0 saturated carbocycles. The normalized spacial score (nSPS) is 7.22. The molecule has 0 aromatic carbocycles. The zero-order valence-electron chi connectivity index (χ0n) is 5.57. The van der Waals surface area contributed by atoms with Gasteiger partial charge in [-0.1, -0.05) is 0 Å². The van der Waals surface area contributed by atoms with Crippen LogP contribution in [-0.2, 0) is 4.57 Å². The molecule has 0 spiro atoms. The Morgan fingerprint density at radius 3 is 1.22 bits per heavy atom. The molecule has 0 heterocycles. The Hall–Kier alpha value is 2.07. The van der Waals surface area contributed by atoms with Crippen molar-refractivity contribution < 1.29 is 83.5 Å². The van der Waals surface area contributed by atoms with Gasteiger partial charge in [0, 0.05) is 0 Å². The van der Waals surface area contributed by atoms with Gasteiger partial charge in [-0.3, -0.25) is 4.57 Å². The first-order chi connectivity index (χ1) is 3.00. The van der Waals surface area contributed by atoms with Gasteiger partial charge in [-0.2, -0.15) is 7.11 Å². The van der Waals surface area contributed by atoms with Crippen LogP contribution in [0.2, 0.25) is 0 Å². The van der Waals surface area contributed by atoms with Gasteiger partial charge in [0.05, 0.1) is 0 Å². The van der Waals surface area contributed by atoms with Crippen molar-refractivity contribution in [3.05, 3.63) is 0 Å². The summed E-state index contributed by atoms with van der Waals surface area (Å²) in [5, 5.41) is 8.25. The smallest absolute Gasteiger partial charge is 0.857 e. The zero-order chi connectivity index (χ0) is 6.50. The van der Waals surface area contributed by atoms with Gasteiger partial charge in [-0.25, -0.2) is 0 Å². The fourth-order valence-corrected chi connectivity index (χ4v) is 0. The van der Waals surface area contributed by atoms with E-state index in [9.17, 15) is 0 Å². The summed E-state index contributed by atoms with van der Waals surface area (Å²) >= 11 is 0. The first kappa shape index (κ1) is 22.5. The van der Waals surface area contributed by atoms with Crippen molar-refractivity contribution in [2.45, 2.75) is 0 Å². The third kappa shape index (κ3) is 153. The molecule has 0 aromatic rings. The molecule has 0 radical (unpaired) electrons. The molecule has 5 nitrogen and oxygen atoms in total. The Bertz CT molecular complexity index is 61.1. The molecule has 0 bridgehead atoms.